The van der Waals surface area contributed by atoms with E-state index in [1.807, 2.05) is 0 Å². The second kappa shape index (κ2) is 3.22. The molecule has 0 aromatic heterocycles. The molecular weight excluding hydrogens is 116 g/mol. The van der Waals surface area contributed by atoms with Gasteiger partial charge < -0.3 is 10.8 Å². The largest absolute Gasteiger partial charge is 0.339 e. The molecule has 0 radical (unpaired) electrons. The number of hydrogen-bond acceptors (Lipinski definition) is 2. The van der Waals surface area contributed by atoms with E-state index in [9.17, 15) is 0 Å². The van der Waals surface area contributed by atoms with Crippen molar-refractivity contribution in [1.29, 1.82) is 0 Å². The van der Waals surface area contributed by atoms with Crippen LogP contribution in [0.5, 0.6) is 0 Å². The van der Waals surface area contributed by atoms with E-state index in [1.54, 1.807) is 0 Å². The van der Waals surface area contributed by atoms with Crippen LogP contribution in [0.4, 0.5) is 0 Å². The van der Waals surface area contributed by atoms with E-state index in [0.717, 1.165) is 18.5 Å². The van der Waals surface area contributed by atoms with Crippen LogP contribution >= 0.6 is 0 Å². The minimum absolute atomic E-state index is 1.00. The van der Waals surface area contributed by atoms with Crippen molar-refractivity contribution in [3.05, 3.63) is 0 Å². The first-order chi connectivity index (χ1) is 3.62. The third kappa shape index (κ3) is 3.18. The summed E-state index contributed by atoms with van der Waals surface area (Å²) in [6.45, 7) is 4.19. The molecule has 2 nitrogen and oxygen atoms in total. The van der Waals surface area contributed by atoms with Crippen molar-refractivity contribution >= 4 is 8.40 Å². The molecule has 0 unspecified atom stereocenters. The van der Waals surface area contributed by atoms with E-state index in [-0.39, 0.29) is 0 Å². The Balaban J connectivity index is 3.37. The van der Waals surface area contributed by atoms with Crippen LogP contribution in [-0.4, -0.2) is 8.40 Å². The van der Waals surface area contributed by atoms with Gasteiger partial charge >= 0.3 is 0 Å². The zero-order chi connectivity index (χ0) is 6.62. The lowest BCUT2D eigenvalue weighted by atomic mass is 10.6. The fraction of sp³-hybridized carbons (Fsp3) is 1.00. The minimum atomic E-state index is -1.68. The summed E-state index contributed by atoms with van der Waals surface area (Å²) in [5, 5.41) is 11.5. The summed E-state index contributed by atoms with van der Waals surface area (Å²) in [5.74, 6) is 0. The van der Waals surface area contributed by atoms with Crippen LogP contribution in [-0.2, 0) is 0 Å². The van der Waals surface area contributed by atoms with E-state index in [2.05, 4.69) is 13.8 Å². The van der Waals surface area contributed by atoms with E-state index >= 15 is 0 Å². The molecule has 0 heterocycles. The molecule has 0 aliphatic rings. The highest BCUT2D eigenvalue weighted by Gasteiger charge is 2.17. The van der Waals surface area contributed by atoms with Crippen LogP contribution in [0.2, 0.25) is 12.1 Å². The van der Waals surface area contributed by atoms with E-state index in [4.69, 9.17) is 10.8 Å². The van der Waals surface area contributed by atoms with Crippen molar-refractivity contribution in [3.8, 4) is 0 Å². The van der Waals surface area contributed by atoms with E-state index in [1.165, 1.54) is 0 Å². The molecule has 0 fully saturated rings. The van der Waals surface area contributed by atoms with Gasteiger partial charge in [-0.25, -0.2) is 0 Å². The Morgan fingerprint density at radius 3 is 1.88 bits per heavy atom. The Morgan fingerprint density at radius 1 is 1.25 bits per heavy atom. The summed E-state index contributed by atoms with van der Waals surface area (Å²) in [4.78, 5) is 0. The molecule has 0 amide bonds. The molecule has 0 aliphatic heterocycles. The summed E-state index contributed by atoms with van der Waals surface area (Å²) in [6, 6.07) is 2.06. The Morgan fingerprint density at radius 2 is 1.75 bits per heavy atom. The SMILES string of the molecule is CCC[Si](N)(N)CC. The standard InChI is InChI=1S/C5H16N2Si/c1-3-5-8(6,7)4-2/h3-7H2,1-2H3. The molecule has 0 bridgehead atoms. The van der Waals surface area contributed by atoms with Gasteiger partial charge in [-0.2, -0.15) is 0 Å². The summed E-state index contributed by atoms with van der Waals surface area (Å²) >= 11 is 0. The Kier molecular flexibility index (Phi) is 3.27. The molecule has 0 rings (SSSR count). The van der Waals surface area contributed by atoms with Crippen LogP contribution in [0.15, 0.2) is 0 Å². The summed E-state index contributed by atoms with van der Waals surface area (Å²) in [7, 11) is -1.68. The monoisotopic (exact) mass is 132 g/mol. The first kappa shape index (κ1) is 8.14. The fourth-order valence-corrected chi connectivity index (χ4v) is 1.93. The summed E-state index contributed by atoms with van der Waals surface area (Å²) < 4.78 is 0. The van der Waals surface area contributed by atoms with Gasteiger partial charge in [-0.15, -0.1) is 0 Å². The van der Waals surface area contributed by atoms with E-state index in [0.29, 0.717) is 0 Å². The van der Waals surface area contributed by atoms with Gasteiger partial charge in [0, 0.05) is 0 Å². The topological polar surface area (TPSA) is 52.0 Å². The van der Waals surface area contributed by atoms with Crippen molar-refractivity contribution < 1.29 is 0 Å². The molecule has 50 valence electrons. The molecule has 4 N–H and O–H groups in total. The normalized spacial score (nSPS) is 12.0. The van der Waals surface area contributed by atoms with Gasteiger partial charge in [-0.05, 0) is 12.1 Å². The smallest absolute Gasteiger partial charge is 0.195 e. The van der Waals surface area contributed by atoms with Gasteiger partial charge in [-0.3, -0.25) is 0 Å². The lowest BCUT2D eigenvalue weighted by Crippen LogP contribution is -2.54. The van der Waals surface area contributed by atoms with Crippen LogP contribution in [0.25, 0.3) is 0 Å². The molecule has 8 heavy (non-hydrogen) atoms. The number of nitrogens with two attached hydrogens (primary N) is 2. The van der Waals surface area contributed by atoms with Crippen molar-refractivity contribution in [2.75, 3.05) is 0 Å². The van der Waals surface area contributed by atoms with Crippen LogP contribution < -0.4 is 10.8 Å². The second-order valence-electron chi connectivity index (χ2n) is 2.34. The zero-order valence-corrected chi connectivity index (χ0v) is 6.78. The quantitative estimate of drug-likeness (QED) is 0.557. The van der Waals surface area contributed by atoms with Gasteiger partial charge in [0.25, 0.3) is 0 Å². The minimum Gasteiger partial charge on any atom is -0.339 e. The maximum atomic E-state index is 5.74. The Labute approximate surface area is 52.4 Å². The summed E-state index contributed by atoms with van der Waals surface area (Å²) in [6.07, 6.45) is 1.13. The van der Waals surface area contributed by atoms with Crippen LogP contribution in [0.3, 0.4) is 0 Å². The number of hydrogen-bond donors (Lipinski definition) is 2. The second-order valence-corrected chi connectivity index (χ2v) is 6.01. The molecular formula is C5H16N2Si. The maximum absolute atomic E-state index is 5.74. The summed E-state index contributed by atoms with van der Waals surface area (Å²) in [5.41, 5.74) is 0. The van der Waals surface area contributed by atoms with Crippen molar-refractivity contribution in [1.82, 2.24) is 0 Å². The highest BCUT2D eigenvalue weighted by Crippen LogP contribution is 2.02. The maximum Gasteiger partial charge on any atom is 0.195 e. The van der Waals surface area contributed by atoms with Gasteiger partial charge in [0.15, 0.2) is 8.40 Å². The molecule has 0 aliphatic carbocycles. The average Bonchev–Trinajstić information content (AvgIpc) is 1.67. The molecule has 0 saturated carbocycles. The van der Waals surface area contributed by atoms with E-state index < -0.39 is 8.40 Å². The first-order valence-corrected chi connectivity index (χ1v) is 5.77. The molecule has 0 atom stereocenters. The Bertz CT molecular complexity index is 63.4. The average molecular weight is 132 g/mol. The van der Waals surface area contributed by atoms with Crippen LogP contribution in [0.1, 0.15) is 20.3 Å². The molecule has 0 saturated heterocycles. The van der Waals surface area contributed by atoms with Gasteiger partial charge in [0.1, 0.15) is 0 Å². The predicted octanol–water partition coefficient (Wildman–Crippen LogP) is 0.776. The molecule has 0 spiro atoms. The lowest BCUT2D eigenvalue weighted by Gasteiger charge is -2.16. The highest BCUT2D eigenvalue weighted by molar-refractivity contribution is 6.73. The fourth-order valence-electron chi connectivity index (χ4n) is 0.642. The van der Waals surface area contributed by atoms with Crippen molar-refractivity contribution in [3.63, 3.8) is 0 Å². The lowest BCUT2D eigenvalue weighted by molar-refractivity contribution is 1.01. The van der Waals surface area contributed by atoms with Crippen molar-refractivity contribution in [2.45, 2.75) is 32.4 Å². The highest BCUT2D eigenvalue weighted by atomic mass is 28.3. The van der Waals surface area contributed by atoms with Gasteiger partial charge in [0.05, 0.1) is 0 Å². The third-order valence-corrected chi connectivity index (χ3v) is 4.12. The van der Waals surface area contributed by atoms with Crippen LogP contribution in [0, 0.1) is 0 Å². The first-order valence-electron chi connectivity index (χ1n) is 3.20. The predicted molar refractivity (Wildman–Crippen MR) is 39.7 cm³/mol. The zero-order valence-electron chi connectivity index (χ0n) is 5.78. The van der Waals surface area contributed by atoms with Gasteiger partial charge in [-0.1, -0.05) is 20.3 Å². The number of rotatable bonds is 3. The van der Waals surface area contributed by atoms with Gasteiger partial charge in [0.2, 0.25) is 0 Å². The molecule has 3 heteroatoms. The molecule has 0 aromatic rings. The Hall–Kier alpha value is 0.137. The van der Waals surface area contributed by atoms with Crippen molar-refractivity contribution in [2.24, 2.45) is 10.8 Å². The third-order valence-electron chi connectivity index (χ3n) is 1.37. The molecule has 0 aromatic carbocycles.